The Morgan fingerprint density at radius 3 is 2.41 bits per heavy atom. The number of carbonyl (C=O) groups excluding carboxylic acids is 1. The Morgan fingerprint density at radius 2 is 1.85 bits per heavy atom. The second-order valence-electron chi connectivity index (χ2n) is 13.8. The largest absolute Gasteiger partial charge is 0.444 e. The number of aryl methyl sites for hydroxylation is 2. The van der Waals surface area contributed by atoms with Crippen molar-refractivity contribution in [2.75, 3.05) is 13.7 Å². The molecule has 1 atom stereocenters. The van der Waals surface area contributed by atoms with Crippen LogP contribution >= 0.6 is 0 Å². The summed E-state index contributed by atoms with van der Waals surface area (Å²) in [5, 5.41) is 7.36. The highest BCUT2D eigenvalue weighted by Gasteiger charge is 2.38. The minimum absolute atomic E-state index is 0.0872. The molecule has 1 aliphatic rings. The standard InChI is InChI=1S/C31H48N4O5Si/c1-19-27(20(2)40-34-19)21-12-13-26-25(16-21)32-28(35(26)22-17-23(18-22)37-9)24(33-29(36)39-30(3,4)5)14-15-38-41(10,11)31(6,7)8/h12-13,16,22-24H,14-15,17-18H2,1-11H3,(H,33,36)/t22-,23+,24-/m0/s1. The molecule has 1 fully saturated rings. The van der Waals surface area contributed by atoms with Crippen molar-refractivity contribution in [3.8, 4) is 11.1 Å². The average Bonchev–Trinajstić information content (AvgIpc) is 3.34. The number of benzene rings is 1. The molecule has 1 amide bonds. The lowest BCUT2D eigenvalue weighted by molar-refractivity contribution is 0.00578. The van der Waals surface area contributed by atoms with Gasteiger partial charge >= 0.3 is 6.09 Å². The van der Waals surface area contributed by atoms with Gasteiger partial charge in [0, 0.05) is 25.3 Å². The van der Waals surface area contributed by atoms with Crippen LogP contribution in [0.2, 0.25) is 18.1 Å². The molecule has 0 bridgehead atoms. The van der Waals surface area contributed by atoms with Crippen molar-refractivity contribution in [2.24, 2.45) is 0 Å². The fraction of sp³-hybridized carbons (Fsp3) is 0.645. The van der Waals surface area contributed by atoms with Gasteiger partial charge in [0.1, 0.15) is 17.2 Å². The molecule has 0 radical (unpaired) electrons. The lowest BCUT2D eigenvalue weighted by atomic mass is 9.88. The number of nitrogens with one attached hydrogen (secondary N) is 1. The fourth-order valence-corrected chi connectivity index (χ4v) is 6.16. The molecule has 1 aliphatic carbocycles. The lowest BCUT2D eigenvalue weighted by Gasteiger charge is -2.38. The Bertz CT molecular complexity index is 1360. The van der Waals surface area contributed by atoms with Gasteiger partial charge in [-0.1, -0.05) is 32.0 Å². The number of imidazole rings is 1. The minimum atomic E-state index is -1.98. The number of aromatic nitrogens is 3. The van der Waals surface area contributed by atoms with Crippen LogP contribution in [-0.2, 0) is 13.9 Å². The number of alkyl carbamates (subject to hydrolysis) is 1. The zero-order valence-corrected chi connectivity index (χ0v) is 27.7. The first-order valence-electron chi connectivity index (χ1n) is 14.6. The molecular weight excluding hydrogens is 536 g/mol. The second-order valence-corrected chi connectivity index (χ2v) is 18.6. The number of nitrogens with zero attached hydrogens (tertiary/aromatic N) is 3. The smallest absolute Gasteiger partial charge is 0.408 e. The number of ether oxygens (including phenoxy) is 2. The number of fused-ring (bicyclic) bond motifs is 1. The van der Waals surface area contributed by atoms with E-state index in [9.17, 15) is 4.79 Å². The summed E-state index contributed by atoms with van der Waals surface area (Å²) in [7, 11) is -0.221. The van der Waals surface area contributed by atoms with Gasteiger partial charge in [0.25, 0.3) is 0 Å². The maximum atomic E-state index is 13.1. The molecular formula is C31H48N4O5Si. The van der Waals surface area contributed by atoms with Gasteiger partial charge in [-0.05, 0) is 89.7 Å². The van der Waals surface area contributed by atoms with E-state index in [0.717, 1.165) is 52.3 Å². The van der Waals surface area contributed by atoms with E-state index in [4.69, 9.17) is 23.4 Å². The van der Waals surface area contributed by atoms with Crippen LogP contribution in [-0.4, -0.2) is 54.5 Å². The van der Waals surface area contributed by atoms with Crippen molar-refractivity contribution < 1.29 is 23.2 Å². The Labute approximate surface area is 245 Å². The number of carbonyl (C=O) groups is 1. The summed E-state index contributed by atoms with van der Waals surface area (Å²) in [6, 6.07) is 6.12. The third kappa shape index (κ3) is 6.86. The number of hydrogen-bond acceptors (Lipinski definition) is 7. The van der Waals surface area contributed by atoms with Crippen LogP contribution in [0.4, 0.5) is 4.79 Å². The first-order chi connectivity index (χ1) is 19.0. The van der Waals surface area contributed by atoms with Gasteiger partial charge in [-0.25, -0.2) is 9.78 Å². The highest BCUT2D eigenvalue weighted by atomic mass is 28.4. The van der Waals surface area contributed by atoms with Crippen molar-refractivity contribution in [1.29, 1.82) is 0 Å². The first kappa shape index (κ1) is 31.2. The Hall–Kier alpha value is -2.69. The third-order valence-corrected chi connectivity index (χ3v) is 13.0. The molecule has 0 unspecified atom stereocenters. The predicted octanol–water partition coefficient (Wildman–Crippen LogP) is 7.64. The maximum absolute atomic E-state index is 13.1. The molecule has 226 valence electrons. The zero-order valence-electron chi connectivity index (χ0n) is 26.7. The monoisotopic (exact) mass is 584 g/mol. The number of amides is 1. The van der Waals surface area contributed by atoms with Crippen molar-refractivity contribution in [2.45, 2.75) is 117 Å². The van der Waals surface area contributed by atoms with Crippen molar-refractivity contribution in [3.05, 3.63) is 35.5 Å². The third-order valence-electron chi connectivity index (χ3n) is 8.49. The quantitative estimate of drug-likeness (QED) is 0.258. The Kier molecular flexibility index (Phi) is 8.79. The highest BCUT2D eigenvalue weighted by molar-refractivity contribution is 6.74. The summed E-state index contributed by atoms with van der Waals surface area (Å²) in [4.78, 5) is 18.3. The van der Waals surface area contributed by atoms with Crippen LogP contribution in [0.1, 0.15) is 90.2 Å². The summed E-state index contributed by atoms with van der Waals surface area (Å²) in [5.74, 6) is 1.58. The summed E-state index contributed by atoms with van der Waals surface area (Å²) in [6.45, 7) is 21.2. The van der Waals surface area contributed by atoms with Crippen molar-refractivity contribution in [1.82, 2.24) is 20.0 Å². The number of methoxy groups -OCH3 is 1. The Morgan fingerprint density at radius 1 is 1.17 bits per heavy atom. The van der Waals surface area contributed by atoms with E-state index in [0.29, 0.717) is 13.0 Å². The maximum Gasteiger partial charge on any atom is 0.408 e. The molecule has 0 saturated heterocycles. The second kappa shape index (κ2) is 11.5. The molecule has 10 heteroatoms. The van der Waals surface area contributed by atoms with E-state index < -0.39 is 26.1 Å². The number of rotatable bonds is 9. The summed E-state index contributed by atoms with van der Waals surface area (Å²) in [6.07, 6.45) is 2.10. The summed E-state index contributed by atoms with van der Waals surface area (Å²) >= 11 is 0. The SMILES string of the molecule is CO[C@H]1C[C@@H](n2c([C@H](CCO[Si](C)(C)C(C)(C)C)NC(=O)OC(C)(C)C)nc3cc(-c4c(C)noc4C)ccc32)C1. The molecule has 0 aliphatic heterocycles. The lowest BCUT2D eigenvalue weighted by Crippen LogP contribution is -2.42. The van der Waals surface area contributed by atoms with E-state index in [2.05, 4.69) is 67.1 Å². The van der Waals surface area contributed by atoms with Crippen LogP contribution < -0.4 is 5.32 Å². The van der Waals surface area contributed by atoms with E-state index in [1.54, 1.807) is 7.11 Å². The van der Waals surface area contributed by atoms with Crippen LogP contribution in [0.3, 0.4) is 0 Å². The fourth-order valence-electron chi connectivity index (χ4n) is 5.10. The topological polar surface area (TPSA) is 101 Å². The molecule has 1 aromatic carbocycles. The minimum Gasteiger partial charge on any atom is -0.444 e. The molecule has 1 N–H and O–H groups in total. The van der Waals surface area contributed by atoms with Crippen LogP contribution in [0, 0.1) is 13.8 Å². The summed E-state index contributed by atoms with van der Waals surface area (Å²) < 4.78 is 25.6. The van der Waals surface area contributed by atoms with Gasteiger partial charge in [0.2, 0.25) is 0 Å². The van der Waals surface area contributed by atoms with E-state index in [1.807, 2.05) is 34.6 Å². The van der Waals surface area contributed by atoms with Crippen molar-refractivity contribution in [3.63, 3.8) is 0 Å². The predicted molar refractivity (Wildman–Crippen MR) is 164 cm³/mol. The van der Waals surface area contributed by atoms with Gasteiger partial charge in [-0.15, -0.1) is 0 Å². The van der Waals surface area contributed by atoms with Crippen molar-refractivity contribution >= 4 is 25.4 Å². The van der Waals surface area contributed by atoms with Crippen LogP contribution in [0.25, 0.3) is 22.2 Å². The van der Waals surface area contributed by atoms with Gasteiger partial charge < -0.3 is 28.3 Å². The molecule has 2 aromatic heterocycles. The van der Waals surface area contributed by atoms with Crippen LogP contribution in [0.5, 0.6) is 0 Å². The zero-order chi connectivity index (χ0) is 30.3. The molecule has 4 rings (SSSR count). The average molecular weight is 585 g/mol. The highest BCUT2D eigenvalue weighted by Crippen LogP contribution is 2.41. The van der Waals surface area contributed by atoms with Gasteiger partial charge in [0.05, 0.1) is 28.9 Å². The molecule has 1 saturated carbocycles. The molecule has 9 nitrogen and oxygen atoms in total. The molecule has 0 spiro atoms. The van der Waals surface area contributed by atoms with E-state index >= 15 is 0 Å². The van der Waals surface area contributed by atoms with E-state index in [1.165, 1.54) is 0 Å². The van der Waals surface area contributed by atoms with Gasteiger partial charge in [0.15, 0.2) is 8.32 Å². The molecule has 41 heavy (non-hydrogen) atoms. The first-order valence-corrected chi connectivity index (χ1v) is 17.5. The molecule has 3 aromatic rings. The van der Waals surface area contributed by atoms with E-state index in [-0.39, 0.29) is 17.2 Å². The van der Waals surface area contributed by atoms with Crippen LogP contribution in [0.15, 0.2) is 22.7 Å². The Balaban J connectivity index is 1.75. The van der Waals surface area contributed by atoms with Gasteiger partial charge in [-0.2, -0.15) is 0 Å². The summed E-state index contributed by atoms with van der Waals surface area (Å²) in [5.41, 5.74) is 4.10. The van der Waals surface area contributed by atoms with Gasteiger partial charge in [-0.3, -0.25) is 0 Å². The molecule has 2 heterocycles. The normalized spacial score (nSPS) is 18.8. The number of hydrogen-bond donors (Lipinski definition) is 1.